The Kier molecular flexibility index (Phi) is 5.53. The van der Waals surface area contributed by atoms with Gasteiger partial charge in [0.1, 0.15) is 0 Å². The first kappa shape index (κ1) is 15.7. The zero-order valence-electron chi connectivity index (χ0n) is 12.2. The van der Waals surface area contributed by atoms with E-state index in [4.69, 9.17) is 0 Å². The van der Waals surface area contributed by atoms with Crippen LogP contribution in [0.4, 0.5) is 5.69 Å². The van der Waals surface area contributed by atoms with Crippen molar-refractivity contribution in [2.75, 3.05) is 11.9 Å². The molecule has 21 heavy (non-hydrogen) atoms. The number of amides is 1. The van der Waals surface area contributed by atoms with Crippen molar-refractivity contribution in [3.8, 4) is 0 Å². The fourth-order valence-corrected chi connectivity index (χ4v) is 2.70. The second kappa shape index (κ2) is 7.38. The maximum absolute atomic E-state index is 12.3. The van der Waals surface area contributed by atoms with Gasteiger partial charge in [-0.05, 0) is 64.8 Å². The van der Waals surface area contributed by atoms with Crippen LogP contribution >= 0.6 is 15.9 Å². The largest absolute Gasteiger partial charge is 0.322 e. The average molecular weight is 347 g/mol. The van der Waals surface area contributed by atoms with Crippen molar-refractivity contribution in [2.24, 2.45) is 0 Å². The third-order valence-electron chi connectivity index (χ3n) is 3.13. The Balaban J connectivity index is 2.12. The summed E-state index contributed by atoms with van der Waals surface area (Å²) in [6, 6.07) is 13.6. The molecule has 2 aromatic carbocycles. The zero-order chi connectivity index (χ0) is 15.2. The molecule has 1 amide bonds. The van der Waals surface area contributed by atoms with Gasteiger partial charge in [-0.25, -0.2) is 0 Å². The quantitative estimate of drug-likeness (QED) is 0.854. The summed E-state index contributed by atoms with van der Waals surface area (Å²) in [5, 5.41) is 6.21. The van der Waals surface area contributed by atoms with Gasteiger partial charge in [-0.1, -0.05) is 25.1 Å². The summed E-state index contributed by atoms with van der Waals surface area (Å²) in [5.74, 6) is -0.109. The van der Waals surface area contributed by atoms with Crippen molar-refractivity contribution in [3.05, 3.63) is 63.6 Å². The van der Waals surface area contributed by atoms with Crippen molar-refractivity contribution in [2.45, 2.75) is 20.4 Å². The minimum atomic E-state index is -0.109. The summed E-state index contributed by atoms with van der Waals surface area (Å²) in [6.07, 6.45) is 0. The molecule has 0 fully saturated rings. The van der Waals surface area contributed by atoms with Crippen LogP contribution in [0.5, 0.6) is 0 Å². The minimum absolute atomic E-state index is 0.109. The highest BCUT2D eigenvalue weighted by atomic mass is 79.9. The first-order chi connectivity index (χ1) is 10.1. The Morgan fingerprint density at radius 3 is 2.71 bits per heavy atom. The summed E-state index contributed by atoms with van der Waals surface area (Å²) < 4.78 is 0.809. The Morgan fingerprint density at radius 1 is 1.19 bits per heavy atom. The van der Waals surface area contributed by atoms with Crippen LogP contribution in [-0.4, -0.2) is 12.5 Å². The fraction of sp³-hybridized carbons (Fsp3) is 0.235. The predicted molar refractivity (Wildman–Crippen MR) is 90.7 cm³/mol. The third kappa shape index (κ3) is 4.41. The second-order valence-electron chi connectivity index (χ2n) is 4.92. The smallest absolute Gasteiger partial charge is 0.256 e. The van der Waals surface area contributed by atoms with E-state index in [1.54, 1.807) is 0 Å². The van der Waals surface area contributed by atoms with Crippen LogP contribution in [0.15, 0.2) is 46.9 Å². The van der Waals surface area contributed by atoms with E-state index < -0.39 is 0 Å². The minimum Gasteiger partial charge on any atom is -0.322 e. The molecule has 0 aliphatic carbocycles. The van der Waals surface area contributed by atoms with Gasteiger partial charge < -0.3 is 10.6 Å². The zero-order valence-corrected chi connectivity index (χ0v) is 13.8. The summed E-state index contributed by atoms with van der Waals surface area (Å²) in [6.45, 7) is 5.79. The number of rotatable bonds is 5. The van der Waals surface area contributed by atoms with Crippen LogP contribution in [-0.2, 0) is 6.54 Å². The number of anilines is 1. The van der Waals surface area contributed by atoms with Crippen LogP contribution in [0.25, 0.3) is 0 Å². The molecule has 0 aliphatic rings. The van der Waals surface area contributed by atoms with Gasteiger partial charge in [0.15, 0.2) is 0 Å². The highest BCUT2D eigenvalue weighted by Crippen LogP contribution is 2.20. The molecule has 0 unspecified atom stereocenters. The maximum Gasteiger partial charge on any atom is 0.256 e. The molecule has 0 bridgehead atoms. The first-order valence-electron chi connectivity index (χ1n) is 6.97. The van der Waals surface area contributed by atoms with Crippen molar-refractivity contribution in [3.63, 3.8) is 0 Å². The lowest BCUT2D eigenvalue weighted by Crippen LogP contribution is -2.14. The standard InChI is InChI=1S/C17H19BrN2O/c1-3-19-11-13-5-4-6-14(10-13)20-17(21)15-8-7-12(2)9-16(15)18/h4-10,19H,3,11H2,1-2H3,(H,20,21). The Bertz CT molecular complexity index is 640. The van der Waals surface area contributed by atoms with Gasteiger partial charge in [-0.15, -0.1) is 0 Å². The van der Waals surface area contributed by atoms with Gasteiger partial charge >= 0.3 is 0 Å². The maximum atomic E-state index is 12.3. The molecular formula is C17H19BrN2O. The van der Waals surface area contributed by atoms with Gasteiger partial charge in [0, 0.05) is 16.7 Å². The van der Waals surface area contributed by atoms with Gasteiger partial charge in [-0.2, -0.15) is 0 Å². The molecule has 4 heteroatoms. The van der Waals surface area contributed by atoms with Gasteiger partial charge in [0.05, 0.1) is 5.56 Å². The number of nitrogens with one attached hydrogen (secondary N) is 2. The highest BCUT2D eigenvalue weighted by molar-refractivity contribution is 9.10. The van der Waals surface area contributed by atoms with Crippen LogP contribution in [0.1, 0.15) is 28.4 Å². The van der Waals surface area contributed by atoms with Crippen LogP contribution < -0.4 is 10.6 Å². The molecule has 110 valence electrons. The number of hydrogen-bond donors (Lipinski definition) is 2. The molecule has 0 saturated heterocycles. The number of carbonyl (C=O) groups is 1. The van der Waals surface area contributed by atoms with E-state index in [1.165, 1.54) is 0 Å². The lowest BCUT2D eigenvalue weighted by molar-refractivity contribution is 0.102. The van der Waals surface area contributed by atoms with E-state index in [0.717, 1.165) is 34.4 Å². The van der Waals surface area contributed by atoms with Crippen molar-refractivity contribution in [1.82, 2.24) is 5.32 Å². The average Bonchev–Trinajstić information content (AvgIpc) is 2.45. The number of hydrogen-bond acceptors (Lipinski definition) is 2. The lowest BCUT2D eigenvalue weighted by Gasteiger charge is -2.09. The van der Waals surface area contributed by atoms with E-state index in [-0.39, 0.29) is 5.91 Å². The molecule has 0 radical (unpaired) electrons. The van der Waals surface area contributed by atoms with E-state index >= 15 is 0 Å². The predicted octanol–water partition coefficient (Wildman–Crippen LogP) is 4.12. The molecule has 0 spiro atoms. The topological polar surface area (TPSA) is 41.1 Å². The van der Waals surface area contributed by atoms with Crippen LogP contribution in [0.3, 0.4) is 0 Å². The van der Waals surface area contributed by atoms with Gasteiger partial charge in [-0.3, -0.25) is 4.79 Å². The van der Waals surface area contributed by atoms with E-state index in [0.29, 0.717) is 5.56 Å². The summed E-state index contributed by atoms with van der Waals surface area (Å²) in [7, 11) is 0. The normalized spacial score (nSPS) is 10.4. The lowest BCUT2D eigenvalue weighted by atomic mass is 10.1. The summed E-state index contributed by atoms with van der Waals surface area (Å²) >= 11 is 3.44. The van der Waals surface area contributed by atoms with E-state index in [2.05, 4.69) is 33.5 Å². The second-order valence-corrected chi connectivity index (χ2v) is 5.77. The molecule has 2 N–H and O–H groups in total. The van der Waals surface area contributed by atoms with Crippen molar-refractivity contribution in [1.29, 1.82) is 0 Å². The molecule has 0 aliphatic heterocycles. The molecule has 0 atom stereocenters. The van der Waals surface area contributed by atoms with E-state index in [9.17, 15) is 4.79 Å². The van der Waals surface area contributed by atoms with Gasteiger partial charge in [0.2, 0.25) is 0 Å². The molecule has 3 nitrogen and oxygen atoms in total. The van der Waals surface area contributed by atoms with Gasteiger partial charge in [0.25, 0.3) is 5.91 Å². The fourth-order valence-electron chi connectivity index (χ4n) is 2.03. The molecule has 2 aromatic rings. The number of carbonyl (C=O) groups excluding carboxylic acids is 1. The molecule has 0 saturated carbocycles. The molecule has 0 aromatic heterocycles. The van der Waals surface area contributed by atoms with Crippen molar-refractivity contribution >= 4 is 27.5 Å². The number of benzene rings is 2. The molecule has 2 rings (SSSR count). The third-order valence-corrected chi connectivity index (χ3v) is 3.79. The summed E-state index contributed by atoms with van der Waals surface area (Å²) in [4.78, 5) is 12.3. The Hall–Kier alpha value is -1.65. The monoisotopic (exact) mass is 346 g/mol. The Morgan fingerprint density at radius 2 is 2.00 bits per heavy atom. The molecule has 0 heterocycles. The Labute approximate surface area is 133 Å². The first-order valence-corrected chi connectivity index (χ1v) is 7.76. The summed E-state index contributed by atoms with van der Waals surface area (Å²) in [5.41, 5.74) is 3.71. The SMILES string of the molecule is CCNCc1cccc(NC(=O)c2ccc(C)cc2Br)c1. The van der Waals surface area contributed by atoms with Crippen LogP contribution in [0, 0.1) is 6.92 Å². The number of halogens is 1. The van der Waals surface area contributed by atoms with E-state index in [1.807, 2.05) is 49.4 Å². The van der Waals surface area contributed by atoms with Crippen LogP contribution in [0.2, 0.25) is 0 Å². The van der Waals surface area contributed by atoms with Crippen molar-refractivity contribution < 1.29 is 4.79 Å². The number of aryl methyl sites for hydroxylation is 1. The highest BCUT2D eigenvalue weighted by Gasteiger charge is 2.10. The molecular weight excluding hydrogens is 328 g/mol.